The van der Waals surface area contributed by atoms with Crippen LogP contribution >= 0.6 is 0 Å². The number of aryl methyl sites for hydroxylation is 1. The highest BCUT2D eigenvalue weighted by molar-refractivity contribution is 5.34. The Bertz CT molecular complexity index is 812. The van der Waals surface area contributed by atoms with Gasteiger partial charge in [0.05, 0.1) is 6.54 Å². The molecule has 5 heteroatoms. The van der Waals surface area contributed by atoms with Gasteiger partial charge in [-0.05, 0) is 43.2 Å². The molecule has 0 aliphatic carbocycles. The molecule has 0 fully saturated rings. The lowest BCUT2D eigenvalue weighted by Crippen LogP contribution is -2.22. The summed E-state index contributed by atoms with van der Waals surface area (Å²) in [5.74, 6) is 3.57. The van der Waals surface area contributed by atoms with Crippen molar-refractivity contribution in [1.82, 2.24) is 20.1 Å². The fourth-order valence-corrected chi connectivity index (χ4v) is 2.89. The number of aromatic nitrogens is 3. The molecule has 0 spiro atoms. The molecule has 1 heterocycles. The van der Waals surface area contributed by atoms with Crippen molar-refractivity contribution in [1.29, 1.82) is 0 Å². The molecule has 0 bridgehead atoms. The molecule has 3 aromatic rings. The van der Waals surface area contributed by atoms with Crippen LogP contribution in [-0.4, -0.2) is 14.8 Å². The van der Waals surface area contributed by atoms with Gasteiger partial charge in [0, 0.05) is 13.1 Å². The van der Waals surface area contributed by atoms with Crippen LogP contribution in [0.4, 0.5) is 0 Å². The zero-order valence-electron chi connectivity index (χ0n) is 15.6. The first-order valence-electron chi connectivity index (χ1n) is 9.08. The van der Waals surface area contributed by atoms with E-state index in [0.29, 0.717) is 6.54 Å². The number of benzene rings is 2. The molecule has 0 saturated carbocycles. The standard InChI is InChI=1S/C21H26N4O/c1-4-8-20(22-15-21-24-23-16(2)25(21)3)17-11-13-19(14-12-17)26-18-9-6-5-7-10-18/h5-7,9-14,20,22H,4,8,15H2,1-3H3. The minimum Gasteiger partial charge on any atom is -0.457 e. The van der Waals surface area contributed by atoms with Crippen LogP contribution in [0.1, 0.15) is 43.0 Å². The van der Waals surface area contributed by atoms with Crippen LogP contribution in [0.3, 0.4) is 0 Å². The molecule has 1 atom stereocenters. The molecule has 0 amide bonds. The summed E-state index contributed by atoms with van der Waals surface area (Å²) in [6.07, 6.45) is 2.17. The Labute approximate surface area is 155 Å². The largest absolute Gasteiger partial charge is 0.457 e. The van der Waals surface area contributed by atoms with E-state index in [-0.39, 0.29) is 6.04 Å². The molecule has 136 valence electrons. The van der Waals surface area contributed by atoms with Crippen LogP contribution < -0.4 is 10.1 Å². The average Bonchev–Trinajstić information content (AvgIpc) is 2.99. The molecule has 0 aliphatic rings. The van der Waals surface area contributed by atoms with Gasteiger partial charge in [-0.25, -0.2) is 0 Å². The van der Waals surface area contributed by atoms with E-state index in [9.17, 15) is 0 Å². The van der Waals surface area contributed by atoms with Crippen molar-refractivity contribution >= 4 is 0 Å². The highest BCUT2D eigenvalue weighted by Gasteiger charge is 2.13. The van der Waals surface area contributed by atoms with Crippen LogP contribution in [0.25, 0.3) is 0 Å². The SMILES string of the molecule is CCCC(NCc1nnc(C)n1C)c1ccc(Oc2ccccc2)cc1. The minimum absolute atomic E-state index is 0.280. The monoisotopic (exact) mass is 350 g/mol. The summed E-state index contributed by atoms with van der Waals surface area (Å²) in [5.41, 5.74) is 1.26. The van der Waals surface area contributed by atoms with Crippen molar-refractivity contribution in [3.05, 3.63) is 71.8 Å². The number of para-hydroxylation sites is 1. The van der Waals surface area contributed by atoms with Crippen molar-refractivity contribution in [3.63, 3.8) is 0 Å². The van der Waals surface area contributed by atoms with E-state index in [1.165, 1.54) is 5.56 Å². The van der Waals surface area contributed by atoms with Gasteiger partial charge in [0.2, 0.25) is 0 Å². The summed E-state index contributed by atoms with van der Waals surface area (Å²) in [7, 11) is 2.00. The van der Waals surface area contributed by atoms with Crippen LogP contribution in [0.5, 0.6) is 11.5 Å². The second-order valence-corrected chi connectivity index (χ2v) is 6.43. The summed E-state index contributed by atoms with van der Waals surface area (Å²) in [4.78, 5) is 0. The van der Waals surface area contributed by atoms with Crippen molar-refractivity contribution in [3.8, 4) is 11.5 Å². The molecule has 0 saturated heterocycles. The molecule has 2 aromatic carbocycles. The van der Waals surface area contributed by atoms with Crippen molar-refractivity contribution < 1.29 is 4.74 Å². The Hall–Kier alpha value is -2.66. The van der Waals surface area contributed by atoms with Crippen LogP contribution in [0, 0.1) is 6.92 Å². The Morgan fingerprint density at radius 2 is 1.69 bits per heavy atom. The molecular weight excluding hydrogens is 324 g/mol. The van der Waals surface area contributed by atoms with Gasteiger partial charge in [-0.15, -0.1) is 10.2 Å². The Morgan fingerprint density at radius 1 is 1.00 bits per heavy atom. The Balaban J connectivity index is 1.66. The quantitative estimate of drug-likeness (QED) is 0.648. The van der Waals surface area contributed by atoms with Gasteiger partial charge in [-0.3, -0.25) is 0 Å². The molecule has 1 aromatic heterocycles. The maximum atomic E-state index is 5.88. The Kier molecular flexibility index (Phi) is 6.02. The topological polar surface area (TPSA) is 52.0 Å². The second-order valence-electron chi connectivity index (χ2n) is 6.43. The number of nitrogens with one attached hydrogen (secondary N) is 1. The van der Waals surface area contributed by atoms with Crippen LogP contribution in [0.15, 0.2) is 54.6 Å². The summed E-state index contributed by atoms with van der Waals surface area (Å²) in [6, 6.07) is 18.4. The van der Waals surface area contributed by atoms with E-state index >= 15 is 0 Å². The van der Waals surface area contributed by atoms with Gasteiger partial charge in [-0.1, -0.05) is 43.7 Å². The summed E-state index contributed by atoms with van der Waals surface area (Å²) < 4.78 is 7.90. The smallest absolute Gasteiger partial charge is 0.146 e. The van der Waals surface area contributed by atoms with E-state index in [4.69, 9.17) is 4.74 Å². The highest BCUT2D eigenvalue weighted by Crippen LogP contribution is 2.25. The normalized spacial score (nSPS) is 12.1. The number of nitrogens with zero attached hydrogens (tertiary/aromatic N) is 3. The average molecular weight is 350 g/mol. The molecule has 1 N–H and O–H groups in total. The van der Waals surface area contributed by atoms with Crippen molar-refractivity contribution in [2.45, 2.75) is 39.3 Å². The number of hydrogen-bond donors (Lipinski definition) is 1. The zero-order valence-corrected chi connectivity index (χ0v) is 15.6. The first-order chi connectivity index (χ1) is 12.7. The lowest BCUT2D eigenvalue weighted by Gasteiger charge is -2.19. The summed E-state index contributed by atoms with van der Waals surface area (Å²) in [5, 5.41) is 12.0. The van der Waals surface area contributed by atoms with Gasteiger partial charge < -0.3 is 14.6 Å². The van der Waals surface area contributed by atoms with Gasteiger partial charge in [-0.2, -0.15) is 0 Å². The van der Waals surface area contributed by atoms with Gasteiger partial charge in [0.25, 0.3) is 0 Å². The minimum atomic E-state index is 0.280. The van der Waals surface area contributed by atoms with E-state index in [1.54, 1.807) is 0 Å². The fourth-order valence-electron chi connectivity index (χ4n) is 2.89. The van der Waals surface area contributed by atoms with Gasteiger partial charge in [0.15, 0.2) is 0 Å². The number of rotatable bonds is 8. The lowest BCUT2D eigenvalue weighted by atomic mass is 10.0. The zero-order chi connectivity index (χ0) is 18.4. The van der Waals surface area contributed by atoms with Crippen molar-refractivity contribution in [2.75, 3.05) is 0 Å². The predicted molar refractivity (Wildman–Crippen MR) is 103 cm³/mol. The van der Waals surface area contributed by atoms with E-state index in [0.717, 1.165) is 36.0 Å². The first kappa shape index (κ1) is 18.1. The van der Waals surface area contributed by atoms with Crippen LogP contribution in [0.2, 0.25) is 0 Å². The first-order valence-corrected chi connectivity index (χ1v) is 9.08. The van der Waals surface area contributed by atoms with E-state index in [1.807, 2.05) is 61.0 Å². The summed E-state index contributed by atoms with van der Waals surface area (Å²) >= 11 is 0. The predicted octanol–water partition coefficient (Wildman–Crippen LogP) is 4.55. The second kappa shape index (κ2) is 8.63. The van der Waals surface area contributed by atoms with Crippen LogP contribution in [-0.2, 0) is 13.6 Å². The molecule has 0 radical (unpaired) electrons. The van der Waals surface area contributed by atoms with Crippen molar-refractivity contribution in [2.24, 2.45) is 7.05 Å². The Morgan fingerprint density at radius 3 is 2.31 bits per heavy atom. The van der Waals surface area contributed by atoms with Gasteiger partial charge >= 0.3 is 0 Å². The molecule has 5 nitrogen and oxygen atoms in total. The number of hydrogen-bond acceptors (Lipinski definition) is 4. The number of ether oxygens (including phenoxy) is 1. The fraction of sp³-hybridized carbons (Fsp3) is 0.333. The third-order valence-electron chi connectivity index (χ3n) is 4.53. The summed E-state index contributed by atoms with van der Waals surface area (Å²) in [6.45, 7) is 4.86. The molecule has 0 aliphatic heterocycles. The maximum absolute atomic E-state index is 5.88. The maximum Gasteiger partial charge on any atom is 0.146 e. The van der Waals surface area contributed by atoms with E-state index < -0.39 is 0 Å². The third-order valence-corrected chi connectivity index (χ3v) is 4.53. The third kappa shape index (κ3) is 4.49. The lowest BCUT2D eigenvalue weighted by molar-refractivity contribution is 0.472. The van der Waals surface area contributed by atoms with Gasteiger partial charge in [0.1, 0.15) is 23.1 Å². The highest BCUT2D eigenvalue weighted by atomic mass is 16.5. The molecular formula is C21H26N4O. The van der Waals surface area contributed by atoms with E-state index in [2.05, 4.69) is 34.6 Å². The molecule has 3 rings (SSSR count). The molecule has 26 heavy (non-hydrogen) atoms. The molecule has 1 unspecified atom stereocenters.